The van der Waals surface area contributed by atoms with E-state index in [9.17, 15) is 0 Å². The summed E-state index contributed by atoms with van der Waals surface area (Å²) < 4.78 is 0. The van der Waals surface area contributed by atoms with E-state index >= 15 is 0 Å². The van der Waals surface area contributed by atoms with Crippen LogP contribution in [0.15, 0.2) is 4.99 Å². The molecule has 0 aromatic heterocycles. The Morgan fingerprint density at radius 2 is 1.78 bits per heavy atom. The Morgan fingerprint density at radius 3 is 2.44 bits per heavy atom. The zero-order valence-corrected chi connectivity index (χ0v) is 12.0. The number of nitrogens with zero attached hydrogens (tertiary/aromatic N) is 1. The Balaban J connectivity index is 1.83. The third kappa shape index (κ3) is 3.89. The number of rotatable bonds is 2. The summed E-state index contributed by atoms with van der Waals surface area (Å²) in [5.74, 6) is 2.23. The lowest BCUT2D eigenvalue weighted by atomic mass is 9.80. The van der Waals surface area contributed by atoms with Gasteiger partial charge in [0.15, 0.2) is 5.96 Å². The lowest BCUT2D eigenvalue weighted by Gasteiger charge is -2.31. The van der Waals surface area contributed by atoms with Crippen molar-refractivity contribution in [1.82, 2.24) is 5.32 Å². The van der Waals surface area contributed by atoms with Gasteiger partial charge in [0, 0.05) is 6.04 Å². The summed E-state index contributed by atoms with van der Waals surface area (Å²) in [5, 5.41) is 3.43. The summed E-state index contributed by atoms with van der Waals surface area (Å²) in [6.45, 7) is 4.66. The van der Waals surface area contributed by atoms with Gasteiger partial charge < -0.3 is 11.1 Å². The van der Waals surface area contributed by atoms with E-state index in [4.69, 9.17) is 10.7 Å². The third-order valence-electron chi connectivity index (χ3n) is 4.65. The molecule has 3 N–H and O–H groups in total. The van der Waals surface area contributed by atoms with Crippen molar-refractivity contribution >= 4 is 5.96 Å². The standard InChI is InChI=1S/C15H29N3/c1-11-8-9-14(12(2)10-11)18-15(16)17-13-6-4-3-5-7-13/h11-14H,3-10H2,1-2H3,(H3,16,17,18). The van der Waals surface area contributed by atoms with Gasteiger partial charge in [-0.25, -0.2) is 4.99 Å². The molecule has 0 bridgehead atoms. The summed E-state index contributed by atoms with van der Waals surface area (Å²) in [6, 6.07) is 1.01. The Hall–Kier alpha value is -0.730. The van der Waals surface area contributed by atoms with Gasteiger partial charge >= 0.3 is 0 Å². The second-order valence-corrected chi connectivity index (χ2v) is 6.46. The highest BCUT2D eigenvalue weighted by Gasteiger charge is 2.25. The fourth-order valence-electron chi connectivity index (χ4n) is 3.51. The van der Waals surface area contributed by atoms with Crippen LogP contribution in [0.1, 0.15) is 65.2 Å². The van der Waals surface area contributed by atoms with Crippen LogP contribution < -0.4 is 11.1 Å². The van der Waals surface area contributed by atoms with E-state index in [-0.39, 0.29) is 0 Å². The van der Waals surface area contributed by atoms with E-state index in [2.05, 4.69) is 19.2 Å². The molecule has 0 spiro atoms. The van der Waals surface area contributed by atoms with E-state index in [0.29, 0.717) is 24.0 Å². The first-order chi connectivity index (χ1) is 8.65. The minimum atomic E-state index is 0.442. The highest BCUT2D eigenvalue weighted by molar-refractivity contribution is 5.78. The van der Waals surface area contributed by atoms with E-state index in [1.807, 2.05) is 0 Å². The summed E-state index contributed by atoms with van der Waals surface area (Å²) in [7, 11) is 0. The highest BCUT2D eigenvalue weighted by Crippen LogP contribution is 2.30. The molecule has 2 aliphatic rings. The molecule has 0 aromatic carbocycles. The molecule has 104 valence electrons. The maximum absolute atomic E-state index is 6.07. The summed E-state index contributed by atoms with van der Waals surface area (Å²) in [4.78, 5) is 4.73. The Kier molecular flexibility index (Phi) is 4.90. The van der Waals surface area contributed by atoms with E-state index < -0.39 is 0 Å². The van der Waals surface area contributed by atoms with Gasteiger partial charge in [0.1, 0.15) is 0 Å². The number of nitrogens with two attached hydrogens (primary N) is 1. The van der Waals surface area contributed by atoms with Gasteiger partial charge in [0.05, 0.1) is 6.04 Å². The Morgan fingerprint density at radius 1 is 1.06 bits per heavy atom. The number of aliphatic imine (C=N–C) groups is 1. The predicted molar refractivity (Wildman–Crippen MR) is 77.6 cm³/mol. The fourth-order valence-corrected chi connectivity index (χ4v) is 3.51. The summed E-state index contributed by atoms with van der Waals surface area (Å²) >= 11 is 0. The van der Waals surface area contributed by atoms with Crippen LogP contribution in [0.3, 0.4) is 0 Å². The predicted octanol–water partition coefficient (Wildman–Crippen LogP) is 3.05. The molecule has 3 nitrogen and oxygen atoms in total. The normalized spacial score (nSPS) is 35.4. The van der Waals surface area contributed by atoms with Crippen LogP contribution in [0.25, 0.3) is 0 Å². The van der Waals surface area contributed by atoms with Gasteiger partial charge in [-0.05, 0) is 43.9 Å². The Bertz CT molecular complexity index is 281. The van der Waals surface area contributed by atoms with Crippen LogP contribution in [0, 0.1) is 11.8 Å². The molecule has 3 unspecified atom stereocenters. The van der Waals surface area contributed by atoms with Crippen LogP contribution >= 0.6 is 0 Å². The lowest BCUT2D eigenvalue weighted by molar-refractivity contribution is 0.263. The fraction of sp³-hybridized carbons (Fsp3) is 0.933. The average molecular weight is 251 g/mol. The van der Waals surface area contributed by atoms with Gasteiger partial charge in [-0.1, -0.05) is 33.1 Å². The van der Waals surface area contributed by atoms with E-state index in [1.54, 1.807) is 0 Å². The summed E-state index contributed by atoms with van der Waals surface area (Å²) in [6.07, 6.45) is 10.4. The largest absolute Gasteiger partial charge is 0.370 e. The molecule has 3 atom stereocenters. The molecule has 3 heteroatoms. The topological polar surface area (TPSA) is 50.4 Å². The maximum Gasteiger partial charge on any atom is 0.189 e. The van der Waals surface area contributed by atoms with Crippen molar-refractivity contribution in [3.05, 3.63) is 0 Å². The van der Waals surface area contributed by atoms with Crippen molar-refractivity contribution in [2.75, 3.05) is 0 Å². The van der Waals surface area contributed by atoms with Crippen molar-refractivity contribution in [2.45, 2.75) is 77.3 Å². The first-order valence-electron chi connectivity index (χ1n) is 7.75. The molecule has 2 aliphatic carbocycles. The summed E-state index contributed by atoms with van der Waals surface area (Å²) in [5.41, 5.74) is 6.07. The van der Waals surface area contributed by atoms with Crippen molar-refractivity contribution in [2.24, 2.45) is 22.6 Å². The molecular formula is C15H29N3. The third-order valence-corrected chi connectivity index (χ3v) is 4.65. The zero-order chi connectivity index (χ0) is 13.0. The zero-order valence-electron chi connectivity index (χ0n) is 12.0. The second kappa shape index (κ2) is 6.44. The Labute approximate surface area is 112 Å². The second-order valence-electron chi connectivity index (χ2n) is 6.46. The minimum Gasteiger partial charge on any atom is -0.370 e. The molecule has 2 fully saturated rings. The maximum atomic E-state index is 6.07. The van der Waals surface area contributed by atoms with Crippen LogP contribution in [-0.2, 0) is 0 Å². The smallest absolute Gasteiger partial charge is 0.189 e. The molecule has 2 rings (SSSR count). The van der Waals surface area contributed by atoms with Gasteiger partial charge in [0.25, 0.3) is 0 Å². The van der Waals surface area contributed by atoms with Gasteiger partial charge in [-0.15, -0.1) is 0 Å². The first-order valence-corrected chi connectivity index (χ1v) is 7.75. The van der Waals surface area contributed by atoms with Gasteiger partial charge in [-0.3, -0.25) is 0 Å². The van der Waals surface area contributed by atoms with Crippen molar-refractivity contribution in [1.29, 1.82) is 0 Å². The molecule has 0 amide bonds. The molecule has 0 aliphatic heterocycles. The molecule has 18 heavy (non-hydrogen) atoms. The van der Waals surface area contributed by atoms with Crippen molar-refractivity contribution in [3.8, 4) is 0 Å². The molecule has 0 radical (unpaired) electrons. The lowest BCUT2D eigenvalue weighted by Crippen LogP contribution is -2.42. The van der Waals surface area contributed by atoms with Crippen molar-refractivity contribution in [3.63, 3.8) is 0 Å². The van der Waals surface area contributed by atoms with Crippen molar-refractivity contribution < 1.29 is 0 Å². The van der Waals surface area contributed by atoms with Crippen LogP contribution in [0.5, 0.6) is 0 Å². The van der Waals surface area contributed by atoms with E-state index in [1.165, 1.54) is 51.4 Å². The SMILES string of the molecule is CC1CCC(N=C(N)NC2CCCCC2)C(C)C1. The molecule has 0 aromatic rings. The number of guanidine groups is 1. The quantitative estimate of drug-likeness (QED) is 0.585. The van der Waals surface area contributed by atoms with Crippen LogP contribution in [-0.4, -0.2) is 18.0 Å². The molecule has 0 heterocycles. The minimum absolute atomic E-state index is 0.442. The molecular weight excluding hydrogens is 222 g/mol. The number of hydrogen-bond acceptors (Lipinski definition) is 1. The molecule has 0 saturated heterocycles. The van der Waals surface area contributed by atoms with Gasteiger partial charge in [-0.2, -0.15) is 0 Å². The highest BCUT2D eigenvalue weighted by atomic mass is 15.1. The molecule has 2 saturated carbocycles. The monoisotopic (exact) mass is 251 g/mol. The number of nitrogens with one attached hydrogen (secondary N) is 1. The first kappa shape index (κ1) is 13.7. The number of hydrogen-bond donors (Lipinski definition) is 2. The van der Waals surface area contributed by atoms with Gasteiger partial charge in [0.2, 0.25) is 0 Å². The van der Waals surface area contributed by atoms with Crippen LogP contribution in [0.2, 0.25) is 0 Å². The average Bonchev–Trinajstić information content (AvgIpc) is 2.34. The van der Waals surface area contributed by atoms with Crippen LogP contribution in [0.4, 0.5) is 0 Å². The van der Waals surface area contributed by atoms with E-state index in [0.717, 1.165) is 5.92 Å².